The van der Waals surface area contributed by atoms with Crippen LogP contribution in [0.25, 0.3) is 0 Å². The van der Waals surface area contributed by atoms with Crippen molar-refractivity contribution >= 4 is 0 Å². The van der Waals surface area contributed by atoms with Gasteiger partial charge >= 0.3 is 0 Å². The highest BCUT2D eigenvalue weighted by molar-refractivity contribution is 5.06. The van der Waals surface area contributed by atoms with Gasteiger partial charge in [-0.2, -0.15) is 0 Å². The second kappa shape index (κ2) is 5.99. The van der Waals surface area contributed by atoms with Crippen LogP contribution in [-0.2, 0) is 6.42 Å². The molecule has 0 atom stereocenters. The molecule has 1 heterocycles. The summed E-state index contributed by atoms with van der Waals surface area (Å²) in [5.74, 6) is 1.39. The van der Waals surface area contributed by atoms with Crippen LogP contribution < -0.4 is 5.56 Å². The van der Waals surface area contributed by atoms with Crippen molar-refractivity contribution in [2.75, 3.05) is 0 Å². The molecule has 17 heavy (non-hydrogen) atoms. The Hall–Kier alpha value is -1.12. The number of aromatic nitrogens is 2. The Morgan fingerprint density at radius 1 is 1.24 bits per heavy atom. The molecule has 0 unspecified atom stereocenters. The molecule has 3 nitrogen and oxygen atoms in total. The molecule has 0 saturated heterocycles. The Kier molecular flexibility index (Phi) is 4.35. The summed E-state index contributed by atoms with van der Waals surface area (Å²) in [6, 6.07) is 1.62. The fraction of sp³-hybridized carbons (Fsp3) is 0.714. The molecule has 1 aliphatic carbocycles. The van der Waals surface area contributed by atoms with Crippen molar-refractivity contribution in [3.8, 4) is 0 Å². The number of rotatable bonds is 2. The molecule has 3 heteroatoms. The van der Waals surface area contributed by atoms with Crippen molar-refractivity contribution in [1.29, 1.82) is 0 Å². The van der Waals surface area contributed by atoms with Gasteiger partial charge < -0.3 is 4.98 Å². The topological polar surface area (TPSA) is 45.8 Å². The largest absolute Gasteiger partial charge is 0.310 e. The predicted octanol–water partition coefficient (Wildman–Crippen LogP) is 3.16. The lowest BCUT2D eigenvalue weighted by molar-refractivity contribution is 0.440. The summed E-state index contributed by atoms with van der Waals surface area (Å²) in [5, 5.41) is 0. The summed E-state index contributed by atoms with van der Waals surface area (Å²) in [5.41, 5.74) is 0.930. The Bertz CT molecular complexity index is 403. The minimum absolute atomic E-state index is 0.00825. The van der Waals surface area contributed by atoms with Crippen LogP contribution in [-0.4, -0.2) is 9.97 Å². The van der Waals surface area contributed by atoms with Gasteiger partial charge in [0.15, 0.2) is 0 Å². The molecule has 1 saturated carbocycles. The van der Waals surface area contributed by atoms with Gasteiger partial charge in [-0.3, -0.25) is 4.79 Å². The Labute approximate surface area is 103 Å². The first-order valence-electron chi connectivity index (χ1n) is 6.89. The van der Waals surface area contributed by atoms with Gasteiger partial charge in [0, 0.05) is 17.7 Å². The first-order chi connectivity index (χ1) is 8.29. The molecule has 1 aromatic rings. The van der Waals surface area contributed by atoms with Gasteiger partial charge in [-0.25, -0.2) is 4.98 Å². The second-order valence-corrected chi connectivity index (χ2v) is 5.02. The van der Waals surface area contributed by atoms with Crippen molar-refractivity contribution in [2.45, 2.75) is 64.2 Å². The highest BCUT2D eigenvalue weighted by Gasteiger charge is 2.16. The van der Waals surface area contributed by atoms with E-state index in [9.17, 15) is 4.79 Å². The Morgan fingerprint density at radius 2 is 1.88 bits per heavy atom. The zero-order chi connectivity index (χ0) is 12.1. The van der Waals surface area contributed by atoms with Gasteiger partial charge in [0.2, 0.25) is 0 Å². The highest BCUT2D eigenvalue weighted by Crippen LogP contribution is 2.28. The van der Waals surface area contributed by atoms with Crippen LogP contribution in [0.3, 0.4) is 0 Å². The van der Waals surface area contributed by atoms with Crippen molar-refractivity contribution in [2.24, 2.45) is 0 Å². The quantitative estimate of drug-likeness (QED) is 0.854. The number of nitrogens with one attached hydrogen (secondary N) is 1. The maximum atomic E-state index is 11.6. The molecule has 1 N–H and O–H groups in total. The maximum Gasteiger partial charge on any atom is 0.251 e. The van der Waals surface area contributed by atoms with Crippen molar-refractivity contribution in [1.82, 2.24) is 9.97 Å². The number of hydrogen-bond acceptors (Lipinski definition) is 2. The zero-order valence-electron chi connectivity index (χ0n) is 10.7. The van der Waals surface area contributed by atoms with Crippen LogP contribution in [0.4, 0.5) is 0 Å². The van der Waals surface area contributed by atoms with Crippen molar-refractivity contribution in [3.63, 3.8) is 0 Å². The molecule has 2 rings (SSSR count). The van der Waals surface area contributed by atoms with E-state index in [0.717, 1.165) is 17.9 Å². The molecule has 1 aliphatic rings. The third-order valence-corrected chi connectivity index (χ3v) is 3.67. The summed E-state index contributed by atoms with van der Waals surface area (Å²) < 4.78 is 0. The van der Waals surface area contributed by atoms with E-state index in [-0.39, 0.29) is 5.56 Å². The number of aryl methyl sites for hydroxylation is 1. The predicted molar refractivity (Wildman–Crippen MR) is 69.3 cm³/mol. The SMILES string of the molecule is CCc1cc(=O)[nH]c(C2CCCCCCC2)n1. The fourth-order valence-corrected chi connectivity index (χ4v) is 2.63. The van der Waals surface area contributed by atoms with Crippen LogP contribution in [0, 0.1) is 0 Å². The van der Waals surface area contributed by atoms with E-state index >= 15 is 0 Å². The number of aromatic amines is 1. The summed E-state index contributed by atoms with van der Waals surface area (Å²) in [7, 11) is 0. The standard InChI is InChI=1S/C14H22N2O/c1-2-12-10-13(17)16-14(15-12)11-8-6-4-3-5-7-9-11/h10-11H,2-9H2,1H3,(H,15,16,17). The molecule has 0 amide bonds. The summed E-state index contributed by atoms with van der Waals surface area (Å²) >= 11 is 0. The minimum Gasteiger partial charge on any atom is -0.310 e. The molecule has 0 spiro atoms. The van der Waals surface area contributed by atoms with Gasteiger partial charge in [0.05, 0.1) is 0 Å². The summed E-state index contributed by atoms with van der Waals surface area (Å²) in [6.45, 7) is 2.05. The Balaban J connectivity index is 2.18. The molecule has 0 aromatic carbocycles. The molecular weight excluding hydrogens is 212 g/mol. The first-order valence-corrected chi connectivity index (χ1v) is 6.89. The first kappa shape index (κ1) is 12.3. The van der Waals surface area contributed by atoms with Crippen LogP contribution in [0.5, 0.6) is 0 Å². The average Bonchev–Trinajstić information content (AvgIpc) is 2.27. The second-order valence-electron chi connectivity index (χ2n) is 5.02. The van der Waals surface area contributed by atoms with E-state index < -0.39 is 0 Å². The molecule has 0 aliphatic heterocycles. The van der Waals surface area contributed by atoms with Gasteiger partial charge in [-0.15, -0.1) is 0 Å². The summed E-state index contributed by atoms with van der Waals surface area (Å²) in [6.07, 6.45) is 9.75. The van der Waals surface area contributed by atoms with E-state index in [4.69, 9.17) is 0 Å². The third kappa shape index (κ3) is 3.42. The monoisotopic (exact) mass is 234 g/mol. The van der Waals surface area contributed by atoms with Crippen LogP contribution in [0.1, 0.15) is 69.3 Å². The highest BCUT2D eigenvalue weighted by atomic mass is 16.1. The lowest BCUT2D eigenvalue weighted by atomic mass is 9.90. The van der Waals surface area contributed by atoms with E-state index in [1.54, 1.807) is 6.07 Å². The fourth-order valence-electron chi connectivity index (χ4n) is 2.63. The lowest BCUT2D eigenvalue weighted by Crippen LogP contribution is -2.16. The molecular formula is C14H22N2O. The molecule has 0 bridgehead atoms. The lowest BCUT2D eigenvalue weighted by Gasteiger charge is -2.19. The van der Waals surface area contributed by atoms with Gasteiger partial charge in [-0.1, -0.05) is 39.0 Å². The maximum absolute atomic E-state index is 11.6. The molecule has 1 aromatic heterocycles. The van der Waals surface area contributed by atoms with E-state index in [1.807, 2.05) is 6.92 Å². The normalized spacial score (nSPS) is 18.6. The third-order valence-electron chi connectivity index (χ3n) is 3.67. The molecule has 0 radical (unpaired) electrons. The van der Waals surface area contributed by atoms with Crippen LogP contribution >= 0.6 is 0 Å². The molecule has 94 valence electrons. The average molecular weight is 234 g/mol. The van der Waals surface area contributed by atoms with E-state index in [1.165, 1.54) is 44.9 Å². The van der Waals surface area contributed by atoms with Gasteiger partial charge in [0.25, 0.3) is 5.56 Å². The van der Waals surface area contributed by atoms with Crippen LogP contribution in [0.15, 0.2) is 10.9 Å². The Morgan fingerprint density at radius 3 is 2.53 bits per heavy atom. The number of hydrogen-bond donors (Lipinski definition) is 1. The molecule has 1 fully saturated rings. The number of H-pyrrole nitrogens is 1. The minimum atomic E-state index is 0.00825. The zero-order valence-corrected chi connectivity index (χ0v) is 10.7. The van der Waals surface area contributed by atoms with Crippen molar-refractivity contribution < 1.29 is 0 Å². The number of nitrogens with zero attached hydrogens (tertiary/aromatic N) is 1. The van der Waals surface area contributed by atoms with Crippen LogP contribution in [0.2, 0.25) is 0 Å². The summed E-state index contributed by atoms with van der Waals surface area (Å²) in [4.78, 5) is 19.1. The smallest absolute Gasteiger partial charge is 0.251 e. The van der Waals surface area contributed by atoms with E-state index in [2.05, 4.69) is 9.97 Å². The van der Waals surface area contributed by atoms with Crippen molar-refractivity contribution in [3.05, 3.63) is 27.9 Å². The van der Waals surface area contributed by atoms with Gasteiger partial charge in [0.1, 0.15) is 5.82 Å². The van der Waals surface area contributed by atoms with E-state index in [0.29, 0.717) is 5.92 Å². The van der Waals surface area contributed by atoms with Gasteiger partial charge in [-0.05, 0) is 19.3 Å².